The Morgan fingerprint density at radius 2 is 2.00 bits per heavy atom. The van der Waals surface area contributed by atoms with Crippen LogP contribution in [0.4, 0.5) is 4.39 Å². The van der Waals surface area contributed by atoms with Crippen LogP contribution in [0.15, 0.2) is 18.2 Å². The zero-order chi connectivity index (χ0) is 14.5. The summed E-state index contributed by atoms with van der Waals surface area (Å²) in [4.78, 5) is 2.42. The Morgan fingerprint density at radius 1 is 1.30 bits per heavy atom. The van der Waals surface area contributed by atoms with E-state index in [2.05, 4.69) is 11.8 Å². The van der Waals surface area contributed by atoms with E-state index in [1.165, 1.54) is 38.2 Å². The molecule has 2 N–H and O–H groups in total. The number of nitrogens with zero attached hydrogens (tertiary/aromatic N) is 1. The summed E-state index contributed by atoms with van der Waals surface area (Å²) in [6, 6.07) is 5.36. The monoisotopic (exact) mass is 298 g/mol. The van der Waals surface area contributed by atoms with Crippen molar-refractivity contribution >= 4 is 11.6 Å². The number of hydrogen-bond donors (Lipinski definition) is 1. The molecule has 0 heterocycles. The highest BCUT2D eigenvalue weighted by Crippen LogP contribution is 2.31. The number of halogens is 2. The molecule has 1 aromatic carbocycles. The highest BCUT2D eigenvalue weighted by atomic mass is 35.5. The van der Waals surface area contributed by atoms with Gasteiger partial charge in [0.2, 0.25) is 0 Å². The lowest BCUT2D eigenvalue weighted by molar-refractivity contribution is 0.113. The highest BCUT2D eigenvalue weighted by Gasteiger charge is 2.27. The van der Waals surface area contributed by atoms with E-state index in [9.17, 15) is 4.39 Å². The number of hydrogen-bond acceptors (Lipinski definition) is 2. The largest absolute Gasteiger partial charge is 0.329 e. The smallest absolute Gasteiger partial charge is 0.125 e. The van der Waals surface area contributed by atoms with Crippen molar-refractivity contribution in [3.05, 3.63) is 34.6 Å². The van der Waals surface area contributed by atoms with Crippen LogP contribution in [-0.2, 0) is 0 Å². The van der Waals surface area contributed by atoms with Gasteiger partial charge in [0.05, 0.1) is 0 Å². The normalized spacial score (nSPS) is 18.4. The van der Waals surface area contributed by atoms with Crippen LogP contribution in [0.1, 0.15) is 50.6 Å². The van der Waals surface area contributed by atoms with Crippen LogP contribution in [0, 0.1) is 5.82 Å². The van der Waals surface area contributed by atoms with Crippen molar-refractivity contribution in [1.29, 1.82) is 0 Å². The lowest BCUT2D eigenvalue weighted by atomic mass is 9.92. The molecule has 0 saturated heterocycles. The summed E-state index contributed by atoms with van der Waals surface area (Å²) < 4.78 is 13.6. The average molecular weight is 299 g/mol. The summed E-state index contributed by atoms with van der Waals surface area (Å²) in [7, 11) is 0. The Morgan fingerprint density at radius 3 is 2.55 bits per heavy atom. The molecular formula is C16H24ClFN2. The van der Waals surface area contributed by atoms with Crippen molar-refractivity contribution in [3.8, 4) is 0 Å². The number of likely N-dealkylation sites (N-methyl/N-ethyl adjacent to an activating group) is 1. The molecule has 1 saturated carbocycles. The molecule has 1 aliphatic rings. The zero-order valence-electron chi connectivity index (χ0n) is 12.1. The second kappa shape index (κ2) is 7.39. The van der Waals surface area contributed by atoms with E-state index >= 15 is 0 Å². The lowest BCUT2D eigenvalue weighted by Gasteiger charge is -2.39. The Bertz CT molecular complexity index is 412. The molecule has 2 rings (SSSR count). The molecule has 4 heteroatoms. The van der Waals surface area contributed by atoms with E-state index in [0.29, 0.717) is 17.6 Å². The number of benzene rings is 1. The summed E-state index contributed by atoms with van der Waals surface area (Å²) in [6.07, 6.45) is 6.32. The second-order valence-electron chi connectivity index (χ2n) is 5.58. The van der Waals surface area contributed by atoms with E-state index in [4.69, 9.17) is 17.3 Å². The molecule has 1 unspecified atom stereocenters. The van der Waals surface area contributed by atoms with Crippen molar-refractivity contribution < 1.29 is 4.39 Å². The summed E-state index contributed by atoms with van der Waals surface area (Å²) in [5.74, 6) is -0.286. The summed E-state index contributed by atoms with van der Waals surface area (Å²) in [5, 5.41) is 0.443. The van der Waals surface area contributed by atoms with Gasteiger partial charge in [-0.25, -0.2) is 4.39 Å². The minimum atomic E-state index is -0.286. The van der Waals surface area contributed by atoms with E-state index < -0.39 is 0 Å². The van der Waals surface area contributed by atoms with Gasteiger partial charge in [-0.1, -0.05) is 37.8 Å². The van der Waals surface area contributed by atoms with Gasteiger partial charge < -0.3 is 5.73 Å². The molecular weight excluding hydrogens is 275 g/mol. The van der Waals surface area contributed by atoms with Crippen molar-refractivity contribution in [2.24, 2.45) is 5.73 Å². The van der Waals surface area contributed by atoms with E-state index in [1.54, 1.807) is 6.07 Å². The molecule has 112 valence electrons. The van der Waals surface area contributed by atoms with Crippen molar-refractivity contribution in [3.63, 3.8) is 0 Å². The fourth-order valence-electron chi connectivity index (χ4n) is 3.38. The first-order chi connectivity index (χ1) is 9.65. The maximum absolute atomic E-state index is 13.6. The molecule has 0 spiro atoms. The molecule has 1 fully saturated rings. The minimum absolute atomic E-state index is 0.0521. The Hall–Kier alpha value is -0.640. The van der Waals surface area contributed by atoms with Crippen LogP contribution in [0.5, 0.6) is 0 Å². The van der Waals surface area contributed by atoms with Crippen LogP contribution in [-0.4, -0.2) is 24.0 Å². The highest BCUT2D eigenvalue weighted by molar-refractivity contribution is 6.30. The molecule has 1 atom stereocenters. The SMILES string of the molecule is CCN(C1CCCCC1)C(CN)c1cc(F)cc(Cl)c1. The predicted molar refractivity (Wildman–Crippen MR) is 82.5 cm³/mol. The Kier molecular flexibility index (Phi) is 5.82. The van der Waals surface area contributed by atoms with Crippen LogP contribution in [0.2, 0.25) is 5.02 Å². The van der Waals surface area contributed by atoms with Crippen molar-refractivity contribution in [1.82, 2.24) is 4.90 Å². The minimum Gasteiger partial charge on any atom is -0.329 e. The molecule has 1 aliphatic carbocycles. The van der Waals surface area contributed by atoms with Gasteiger partial charge in [-0.2, -0.15) is 0 Å². The van der Waals surface area contributed by atoms with Gasteiger partial charge in [-0.15, -0.1) is 0 Å². The molecule has 2 nitrogen and oxygen atoms in total. The van der Waals surface area contributed by atoms with E-state index in [0.717, 1.165) is 12.1 Å². The maximum atomic E-state index is 13.6. The van der Waals surface area contributed by atoms with Gasteiger partial charge in [-0.3, -0.25) is 4.90 Å². The predicted octanol–water partition coefficient (Wildman–Crippen LogP) is 4.13. The fraction of sp³-hybridized carbons (Fsp3) is 0.625. The van der Waals surface area contributed by atoms with E-state index in [1.807, 2.05) is 6.07 Å². The fourth-order valence-corrected chi connectivity index (χ4v) is 3.61. The van der Waals surface area contributed by atoms with Gasteiger partial charge in [0.1, 0.15) is 5.82 Å². The first-order valence-electron chi connectivity index (χ1n) is 7.57. The van der Waals surface area contributed by atoms with Crippen molar-refractivity contribution in [2.75, 3.05) is 13.1 Å². The van der Waals surface area contributed by atoms with Gasteiger partial charge >= 0.3 is 0 Å². The summed E-state index contributed by atoms with van der Waals surface area (Å²) >= 11 is 5.99. The molecule has 0 radical (unpaired) electrons. The van der Waals surface area contributed by atoms with Gasteiger partial charge in [-0.05, 0) is 43.1 Å². The summed E-state index contributed by atoms with van der Waals surface area (Å²) in [6.45, 7) is 3.57. The topological polar surface area (TPSA) is 29.3 Å². The second-order valence-corrected chi connectivity index (χ2v) is 6.01. The summed E-state index contributed by atoms with van der Waals surface area (Å²) in [5.41, 5.74) is 6.87. The molecule has 1 aromatic rings. The maximum Gasteiger partial charge on any atom is 0.125 e. The number of nitrogens with two attached hydrogens (primary N) is 1. The lowest BCUT2D eigenvalue weighted by Crippen LogP contribution is -2.42. The molecule has 0 aromatic heterocycles. The Labute approximate surface area is 126 Å². The Balaban J connectivity index is 2.23. The van der Waals surface area contributed by atoms with Crippen molar-refractivity contribution in [2.45, 2.75) is 51.1 Å². The molecule has 20 heavy (non-hydrogen) atoms. The van der Waals surface area contributed by atoms with Crippen LogP contribution < -0.4 is 5.73 Å². The van der Waals surface area contributed by atoms with E-state index in [-0.39, 0.29) is 11.9 Å². The van der Waals surface area contributed by atoms with Gasteiger partial charge in [0.25, 0.3) is 0 Å². The number of rotatable bonds is 5. The van der Waals surface area contributed by atoms with Crippen LogP contribution in [0.25, 0.3) is 0 Å². The third-order valence-electron chi connectivity index (χ3n) is 4.30. The third kappa shape index (κ3) is 3.72. The van der Waals surface area contributed by atoms with Gasteiger partial charge in [0, 0.05) is 23.7 Å². The quantitative estimate of drug-likeness (QED) is 0.885. The molecule has 0 aliphatic heterocycles. The molecule has 0 bridgehead atoms. The third-order valence-corrected chi connectivity index (χ3v) is 4.52. The van der Waals surface area contributed by atoms with Gasteiger partial charge in [0.15, 0.2) is 0 Å². The first-order valence-corrected chi connectivity index (χ1v) is 7.95. The van der Waals surface area contributed by atoms with Crippen LogP contribution in [0.3, 0.4) is 0 Å². The zero-order valence-corrected chi connectivity index (χ0v) is 12.9. The molecule has 0 amide bonds. The first kappa shape index (κ1) is 15.7. The average Bonchev–Trinajstić information content (AvgIpc) is 2.44. The van der Waals surface area contributed by atoms with Crippen LogP contribution >= 0.6 is 11.6 Å². The standard InChI is InChI=1S/C16H24ClFN2/c1-2-20(15-6-4-3-5-7-15)16(11-19)12-8-13(17)10-14(18)9-12/h8-10,15-16H,2-7,11,19H2,1H3.